The van der Waals surface area contributed by atoms with Gasteiger partial charge in [-0.05, 0) is 5.56 Å². The first-order chi connectivity index (χ1) is 9.21. The third kappa shape index (κ3) is 2.25. The summed E-state index contributed by atoms with van der Waals surface area (Å²) >= 11 is 0. The summed E-state index contributed by atoms with van der Waals surface area (Å²) in [6.07, 6.45) is -0.285. The molecule has 2 aliphatic rings. The minimum atomic E-state index is -0.285. The van der Waals surface area contributed by atoms with Crippen LogP contribution in [0.25, 0.3) is 0 Å². The van der Waals surface area contributed by atoms with E-state index in [1.165, 1.54) is 5.01 Å². The van der Waals surface area contributed by atoms with Gasteiger partial charge in [0, 0.05) is 18.5 Å². The quantitative estimate of drug-likeness (QED) is 0.776. The molecule has 2 aliphatic heterocycles. The highest BCUT2D eigenvalue weighted by molar-refractivity contribution is 5.69. The van der Waals surface area contributed by atoms with E-state index in [1.54, 1.807) is 4.90 Å². The monoisotopic (exact) mass is 261 g/mol. The number of hydrogen-bond acceptors (Lipinski definition) is 4. The van der Waals surface area contributed by atoms with Gasteiger partial charge in [-0.1, -0.05) is 30.3 Å². The van der Waals surface area contributed by atoms with Gasteiger partial charge in [0.2, 0.25) is 0 Å². The fourth-order valence-corrected chi connectivity index (χ4v) is 2.69. The van der Waals surface area contributed by atoms with E-state index in [0.29, 0.717) is 32.8 Å². The molecule has 0 radical (unpaired) electrons. The molecule has 0 bridgehead atoms. The van der Waals surface area contributed by atoms with Crippen LogP contribution in [-0.2, 0) is 11.3 Å². The van der Waals surface area contributed by atoms with Crippen LogP contribution < -0.4 is 0 Å². The molecule has 6 heteroatoms. The summed E-state index contributed by atoms with van der Waals surface area (Å²) in [5.74, 6) is 0. The Morgan fingerprint density at radius 1 is 1.21 bits per heavy atom. The molecule has 1 aromatic rings. The van der Waals surface area contributed by atoms with Gasteiger partial charge in [0.15, 0.2) is 0 Å². The second-order valence-corrected chi connectivity index (χ2v) is 5.30. The topological polar surface area (TPSA) is 62.2 Å². The average molecular weight is 261 g/mol. The first-order valence-corrected chi connectivity index (χ1v) is 6.25. The number of likely N-dealkylation sites (tertiary alicyclic amines) is 1. The number of amides is 1. The number of hydrogen-bond donors (Lipinski definition) is 0. The maximum absolute atomic E-state index is 11.8. The predicted octanol–water partition coefficient (Wildman–Crippen LogP) is 1.62. The van der Waals surface area contributed by atoms with Crippen LogP contribution in [-0.4, -0.2) is 42.2 Å². The van der Waals surface area contributed by atoms with Crippen LogP contribution in [0.2, 0.25) is 0 Å². The number of carbonyl (C=O) groups is 1. The number of nitroso groups, excluding NO2 is 1. The largest absolute Gasteiger partial charge is 0.445 e. The van der Waals surface area contributed by atoms with E-state index >= 15 is 0 Å². The van der Waals surface area contributed by atoms with Crippen molar-refractivity contribution in [1.29, 1.82) is 0 Å². The average Bonchev–Trinajstić information content (AvgIpc) is 2.34. The minimum absolute atomic E-state index is 0.0830. The summed E-state index contributed by atoms with van der Waals surface area (Å²) in [6, 6.07) is 9.59. The van der Waals surface area contributed by atoms with Crippen LogP contribution in [0.15, 0.2) is 35.6 Å². The third-order valence-corrected chi connectivity index (χ3v) is 3.67. The molecule has 100 valence electrons. The summed E-state index contributed by atoms with van der Waals surface area (Å²) < 4.78 is 5.24. The van der Waals surface area contributed by atoms with Gasteiger partial charge >= 0.3 is 6.09 Å². The summed E-state index contributed by atoms with van der Waals surface area (Å²) in [5, 5.41) is 4.34. The van der Waals surface area contributed by atoms with Crippen molar-refractivity contribution in [1.82, 2.24) is 9.91 Å². The molecule has 0 unspecified atom stereocenters. The molecule has 1 spiro atoms. The molecule has 0 saturated carbocycles. The maximum Gasteiger partial charge on any atom is 0.410 e. The molecule has 0 atom stereocenters. The predicted molar refractivity (Wildman–Crippen MR) is 68.0 cm³/mol. The fourth-order valence-electron chi connectivity index (χ4n) is 2.69. The summed E-state index contributed by atoms with van der Waals surface area (Å²) in [6.45, 7) is 2.92. The Labute approximate surface area is 110 Å². The van der Waals surface area contributed by atoms with Crippen molar-refractivity contribution in [3.63, 3.8) is 0 Å². The van der Waals surface area contributed by atoms with Gasteiger partial charge in [-0.3, -0.25) is 5.01 Å². The van der Waals surface area contributed by atoms with Crippen molar-refractivity contribution in [2.24, 2.45) is 10.7 Å². The van der Waals surface area contributed by atoms with Crippen LogP contribution in [0.1, 0.15) is 5.56 Å². The molecule has 3 rings (SSSR count). The zero-order valence-electron chi connectivity index (χ0n) is 10.5. The third-order valence-electron chi connectivity index (χ3n) is 3.67. The lowest BCUT2D eigenvalue weighted by atomic mass is 9.74. The van der Waals surface area contributed by atoms with E-state index in [9.17, 15) is 9.70 Å². The lowest BCUT2D eigenvalue weighted by molar-refractivity contribution is -0.106. The van der Waals surface area contributed by atoms with Crippen LogP contribution >= 0.6 is 0 Å². The summed E-state index contributed by atoms with van der Waals surface area (Å²) in [4.78, 5) is 23.7. The van der Waals surface area contributed by atoms with E-state index in [0.717, 1.165) is 5.56 Å². The molecule has 19 heavy (non-hydrogen) atoms. The molecule has 1 amide bonds. The van der Waals surface area contributed by atoms with E-state index in [4.69, 9.17) is 4.74 Å². The van der Waals surface area contributed by atoms with Gasteiger partial charge in [-0.2, -0.15) is 0 Å². The second-order valence-electron chi connectivity index (χ2n) is 5.30. The molecule has 2 fully saturated rings. The summed E-state index contributed by atoms with van der Waals surface area (Å²) in [5.41, 5.74) is 1.06. The number of nitrogens with zero attached hydrogens (tertiary/aromatic N) is 3. The normalized spacial score (nSPS) is 19.6. The number of rotatable bonds is 3. The second kappa shape index (κ2) is 4.53. The van der Waals surface area contributed by atoms with Crippen molar-refractivity contribution in [2.75, 3.05) is 26.2 Å². The molecule has 2 saturated heterocycles. The van der Waals surface area contributed by atoms with Gasteiger partial charge in [0.05, 0.1) is 18.4 Å². The molecule has 1 aromatic carbocycles. The van der Waals surface area contributed by atoms with E-state index in [1.807, 2.05) is 30.3 Å². The number of ether oxygens (including phenoxy) is 1. The van der Waals surface area contributed by atoms with Crippen LogP contribution in [0.4, 0.5) is 4.79 Å². The Morgan fingerprint density at radius 3 is 2.53 bits per heavy atom. The molecule has 6 nitrogen and oxygen atoms in total. The summed E-state index contributed by atoms with van der Waals surface area (Å²) in [7, 11) is 0. The van der Waals surface area contributed by atoms with E-state index in [-0.39, 0.29) is 11.5 Å². The zero-order valence-corrected chi connectivity index (χ0v) is 10.5. The Hall–Kier alpha value is -2.11. The highest BCUT2D eigenvalue weighted by atomic mass is 16.6. The first-order valence-electron chi connectivity index (χ1n) is 6.25. The SMILES string of the molecule is O=NN1CC2(C1)CN(C(=O)OCc1ccccc1)C2. The van der Waals surface area contributed by atoms with Crippen molar-refractivity contribution in [3.8, 4) is 0 Å². The molecular formula is C13H15N3O3. The van der Waals surface area contributed by atoms with Gasteiger partial charge in [0.1, 0.15) is 6.61 Å². The van der Waals surface area contributed by atoms with Gasteiger partial charge in [0.25, 0.3) is 0 Å². The van der Waals surface area contributed by atoms with Crippen LogP contribution in [0.5, 0.6) is 0 Å². The van der Waals surface area contributed by atoms with E-state index in [2.05, 4.69) is 5.29 Å². The van der Waals surface area contributed by atoms with Crippen molar-refractivity contribution < 1.29 is 9.53 Å². The molecular weight excluding hydrogens is 246 g/mol. The lowest BCUT2D eigenvalue weighted by Gasteiger charge is -2.57. The molecule has 0 aromatic heterocycles. The van der Waals surface area contributed by atoms with Crippen molar-refractivity contribution in [2.45, 2.75) is 6.61 Å². The first kappa shape index (κ1) is 12.0. The fraction of sp³-hybridized carbons (Fsp3) is 0.462. The Kier molecular flexibility index (Phi) is 2.85. The number of benzene rings is 1. The van der Waals surface area contributed by atoms with Gasteiger partial charge < -0.3 is 9.64 Å². The number of carbonyl (C=O) groups excluding carboxylic acids is 1. The Balaban J connectivity index is 1.43. The minimum Gasteiger partial charge on any atom is -0.445 e. The molecule has 0 N–H and O–H groups in total. The van der Waals surface area contributed by atoms with Crippen LogP contribution in [0.3, 0.4) is 0 Å². The maximum atomic E-state index is 11.8. The molecule has 2 heterocycles. The smallest absolute Gasteiger partial charge is 0.410 e. The van der Waals surface area contributed by atoms with Gasteiger partial charge in [-0.15, -0.1) is 4.91 Å². The zero-order chi connectivity index (χ0) is 13.3. The van der Waals surface area contributed by atoms with Crippen LogP contribution in [0, 0.1) is 10.3 Å². The van der Waals surface area contributed by atoms with Crippen molar-refractivity contribution >= 4 is 6.09 Å². The van der Waals surface area contributed by atoms with E-state index < -0.39 is 0 Å². The van der Waals surface area contributed by atoms with Crippen molar-refractivity contribution in [3.05, 3.63) is 40.8 Å². The standard InChI is InChI=1S/C13H15N3O3/c17-12(19-6-11-4-2-1-3-5-11)15-7-13(8-15)9-16(10-13)14-18/h1-5H,6-10H2. The molecule has 0 aliphatic carbocycles. The Bertz CT molecular complexity index is 477. The highest BCUT2D eigenvalue weighted by Gasteiger charge is 2.54. The Morgan fingerprint density at radius 2 is 1.89 bits per heavy atom. The highest BCUT2D eigenvalue weighted by Crippen LogP contribution is 2.39. The van der Waals surface area contributed by atoms with Gasteiger partial charge in [-0.25, -0.2) is 4.79 Å². The lowest BCUT2D eigenvalue weighted by Crippen LogP contribution is -2.71.